The van der Waals surface area contributed by atoms with Crippen LogP contribution in [0.1, 0.15) is 77.3 Å². The van der Waals surface area contributed by atoms with Gasteiger partial charge in [0.05, 0.1) is 31.5 Å². The van der Waals surface area contributed by atoms with Gasteiger partial charge in [-0.2, -0.15) is 0 Å². The molecular weight excluding hydrogens is 478 g/mol. The van der Waals surface area contributed by atoms with Crippen molar-refractivity contribution < 1.29 is 23.7 Å². The molecule has 0 bridgehead atoms. The molecule has 0 heterocycles. The Morgan fingerprint density at radius 2 is 1.37 bits per heavy atom. The quantitative estimate of drug-likeness (QED) is 0.245. The monoisotopic (exact) mass is 525 g/mol. The van der Waals surface area contributed by atoms with E-state index in [-0.39, 0.29) is 30.4 Å². The van der Waals surface area contributed by atoms with E-state index in [1.807, 2.05) is 57.2 Å². The molecule has 1 amide bonds. The van der Waals surface area contributed by atoms with Crippen LogP contribution >= 0.6 is 0 Å². The van der Waals surface area contributed by atoms with Crippen molar-refractivity contribution in [2.45, 2.75) is 109 Å². The fourth-order valence-electron chi connectivity index (χ4n) is 4.87. The van der Waals surface area contributed by atoms with Gasteiger partial charge in [-0.15, -0.1) is 0 Å². The average molecular weight is 526 g/mol. The second-order valence-corrected chi connectivity index (χ2v) is 11.2. The molecule has 0 unspecified atom stereocenters. The average Bonchev–Trinajstić information content (AvgIpc) is 3.25. The van der Waals surface area contributed by atoms with Gasteiger partial charge in [0.15, 0.2) is 0 Å². The standard InChI is InChI=1S/C32H47NO5/c1-6-7-8-9-16-21-35-30-28(37-24-26-19-14-11-15-20-26)22-27(36-23-25-17-12-10-13-18-25)29(30)33(5)31(34)38-32(2,3)4/h10-15,17-20,27-30H,6-9,16,21-24H2,1-5H3/t27-,28+,29+,30+/m1/s1. The van der Waals surface area contributed by atoms with Crippen LogP contribution in [0.25, 0.3) is 0 Å². The van der Waals surface area contributed by atoms with E-state index in [4.69, 9.17) is 18.9 Å². The van der Waals surface area contributed by atoms with Gasteiger partial charge in [0, 0.05) is 20.1 Å². The second-order valence-electron chi connectivity index (χ2n) is 11.2. The van der Waals surface area contributed by atoms with Crippen molar-refractivity contribution in [2.24, 2.45) is 0 Å². The van der Waals surface area contributed by atoms with E-state index in [0.717, 1.165) is 24.0 Å². The zero-order valence-corrected chi connectivity index (χ0v) is 23.9. The molecule has 0 N–H and O–H groups in total. The lowest BCUT2D eigenvalue weighted by Crippen LogP contribution is -2.51. The van der Waals surface area contributed by atoms with E-state index in [2.05, 4.69) is 31.2 Å². The molecule has 0 radical (unpaired) electrons. The number of amides is 1. The Bertz CT molecular complexity index is 930. The van der Waals surface area contributed by atoms with E-state index >= 15 is 0 Å². The molecule has 38 heavy (non-hydrogen) atoms. The molecule has 2 aromatic carbocycles. The summed E-state index contributed by atoms with van der Waals surface area (Å²) in [5, 5.41) is 0. The molecule has 0 saturated heterocycles. The lowest BCUT2D eigenvalue weighted by Gasteiger charge is -2.35. The molecule has 210 valence electrons. The summed E-state index contributed by atoms with van der Waals surface area (Å²) in [4.78, 5) is 14.9. The maximum Gasteiger partial charge on any atom is 0.410 e. The largest absolute Gasteiger partial charge is 0.444 e. The number of ether oxygens (including phenoxy) is 4. The third kappa shape index (κ3) is 9.72. The molecule has 6 heteroatoms. The summed E-state index contributed by atoms with van der Waals surface area (Å²) in [6, 6.07) is 19.9. The molecule has 6 nitrogen and oxygen atoms in total. The van der Waals surface area contributed by atoms with Gasteiger partial charge in [0.25, 0.3) is 0 Å². The minimum atomic E-state index is -0.594. The van der Waals surface area contributed by atoms with Gasteiger partial charge in [-0.3, -0.25) is 0 Å². The Hall–Kier alpha value is -2.41. The highest BCUT2D eigenvalue weighted by Gasteiger charge is 2.49. The predicted molar refractivity (Wildman–Crippen MR) is 151 cm³/mol. The number of hydrogen-bond acceptors (Lipinski definition) is 5. The van der Waals surface area contributed by atoms with Gasteiger partial charge in [0.2, 0.25) is 0 Å². The summed E-state index contributed by atoms with van der Waals surface area (Å²) < 4.78 is 25.2. The minimum absolute atomic E-state index is 0.207. The van der Waals surface area contributed by atoms with Gasteiger partial charge < -0.3 is 23.8 Å². The smallest absolute Gasteiger partial charge is 0.410 e. The van der Waals surface area contributed by atoms with Crippen LogP contribution in [0.2, 0.25) is 0 Å². The molecule has 4 atom stereocenters. The van der Waals surface area contributed by atoms with Crippen LogP contribution < -0.4 is 0 Å². The lowest BCUT2D eigenvalue weighted by atomic mass is 10.1. The third-order valence-corrected chi connectivity index (χ3v) is 6.85. The van der Waals surface area contributed by atoms with Crippen LogP contribution in [0.5, 0.6) is 0 Å². The Labute approximate surface area is 229 Å². The highest BCUT2D eigenvalue weighted by Crippen LogP contribution is 2.34. The van der Waals surface area contributed by atoms with Crippen molar-refractivity contribution in [3.8, 4) is 0 Å². The third-order valence-electron chi connectivity index (χ3n) is 6.85. The molecule has 1 fully saturated rings. The van der Waals surface area contributed by atoms with Crippen LogP contribution in [-0.4, -0.2) is 54.6 Å². The first-order valence-electron chi connectivity index (χ1n) is 14.2. The van der Waals surface area contributed by atoms with E-state index in [9.17, 15) is 4.79 Å². The zero-order chi connectivity index (χ0) is 27.4. The van der Waals surface area contributed by atoms with Crippen LogP contribution in [0, 0.1) is 0 Å². The number of carbonyl (C=O) groups excluding carboxylic acids is 1. The van der Waals surface area contributed by atoms with E-state index < -0.39 is 5.60 Å². The predicted octanol–water partition coefficient (Wildman–Crippen LogP) is 7.15. The highest BCUT2D eigenvalue weighted by molar-refractivity contribution is 5.68. The summed E-state index contributed by atoms with van der Waals surface area (Å²) in [7, 11) is 1.79. The number of unbranched alkanes of at least 4 members (excludes halogenated alkanes) is 4. The van der Waals surface area contributed by atoms with Gasteiger partial charge in [-0.1, -0.05) is 93.3 Å². The summed E-state index contributed by atoms with van der Waals surface area (Å²) in [6.45, 7) is 9.43. The van der Waals surface area contributed by atoms with Gasteiger partial charge in [0.1, 0.15) is 11.7 Å². The molecule has 2 aromatic rings. The number of likely N-dealkylation sites (N-methyl/N-ethyl adjacent to an activating group) is 1. The van der Waals surface area contributed by atoms with Crippen LogP contribution in [0.3, 0.4) is 0 Å². The van der Waals surface area contributed by atoms with Crippen molar-refractivity contribution in [3.63, 3.8) is 0 Å². The summed E-state index contributed by atoms with van der Waals surface area (Å²) >= 11 is 0. The van der Waals surface area contributed by atoms with Crippen LogP contribution in [-0.2, 0) is 32.2 Å². The number of benzene rings is 2. The topological polar surface area (TPSA) is 57.2 Å². The first kappa shape index (κ1) is 30.1. The Balaban J connectivity index is 1.78. The van der Waals surface area contributed by atoms with Gasteiger partial charge in [-0.25, -0.2) is 4.79 Å². The molecule has 0 spiro atoms. The van der Waals surface area contributed by atoms with Crippen molar-refractivity contribution >= 4 is 6.09 Å². The first-order valence-corrected chi connectivity index (χ1v) is 14.2. The minimum Gasteiger partial charge on any atom is -0.444 e. The van der Waals surface area contributed by atoms with E-state index in [1.54, 1.807) is 11.9 Å². The number of carbonyl (C=O) groups is 1. The molecule has 1 aliphatic carbocycles. The number of rotatable bonds is 14. The van der Waals surface area contributed by atoms with E-state index in [1.165, 1.54) is 19.3 Å². The Morgan fingerprint density at radius 3 is 1.92 bits per heavy atom. The molecule has 1 aliphatic rings. The molecule has 3 rings (SSSR count). The zero-order valence-electron chi connectivity index (χ0n) is 23.9. The van der Waals surface area contributed by atoms with Crippen LogP contribution in [0.4, 0.5) is 4.79 Å². The van der Waals surface area contributed by atoms with Crippen molar-refractivity contribution in [3.05, 3.63) is 71.8 Å². The molecule has 0 aromatic heterocycles. The SMILES string of the molecule is CCCCCCCO[C@@H]1[C@@H](N(C)C(=O)OC(C)(C)C)[C@H](OCc2ccccc2)C[C@@H]1OCc1ccccc1. The Kier molecular flexibility index (Phi) is 12.1. The van der Waals surface area contributed by atoms with Crippen molar-refractivity contribution in [2.75, 3.05) is 13.7 Å². The fraction of sp³-hybridized carbons (Fsp3) is 0.594. The second kappa shape index (κ2) is 15.2. The molecule has 0 aliphatic heterocycles. The van der Waals surface area contributed by atoms with Crippen molar-refractivity contribution in [1.82, 2.24) is 4.90 Å². The summed E-state index contributed by atoms with van der Waals surface area (Å²) in [5.41, 5.74) is 1.60. The summed E-state index contributed by atoms with van der Waals surface area (Å²) in [5.74, 6) is 0. The lowest BCUT2D eigenvalue weighted by molar-refractivity contribution is -0.0903. The molecular formula is C32H47NO5. The fourth-order valence-corrected chi connectivity index (χ4v) is 4.87. The van der Waals surface area contributed by atoms with Gasteiger partial charge in [-0.05, 0) is 38.3 Å². The number of hydrogen-bond donors (Lipinski definition) is 0. The Morgan fingerprint density at radius 1 is 0.816 bits per heavy atom. The maximum absolute atomic E-state index is 13.2. The summed E-state index contributed by atoms with van der Waals surface area (Å²) in [6.07, 6.45) is 5.27. The maximum atomic E-state index is 13.2. The number of nitrogens with zero attached hydrogens (tertiary/aromatic N) is 1. The highest BCUT2D eigenvalue weighted by atomic mass is 16.6. The van der Waals surface area contributed by atoms with E-state index in [0.29, 0.717) is 26.2 Å². The van der Waals surface area contributed by atoms with Gasteiger partial charge >= 0.3 is 6.09 Å². The normalized spacial score (nSPS) is 21.4. The van der Waals surface area contributed by atoms with Crippen molar-refractivity contribution in [1.29, 1.82) is 0 Å². The molecule has 1 saturated carbocycles. The first-order chi connectivity index (χ1) is 18.3. The van der Waals surface area contributed by atoms with Crippen LogP contribution in [0.15, 0.2) is 60.7 Å².